The average Bonchev–Trinajstić information content (AvgIpc) is 2.92. The van der Waals surface area contributed by atoms with E-state index in [0.29, 0.717) is 15.3 Å². The van der Waals surface area contributed by atoms with Crippen LogP contribution < -0.4 is 5.32 Å². The molecule has 0 spiro atoms. The molecule has 3 nitrogen and oxygen atoms in total. The Morgan fingerprint density at radius 2 is 1.95 bits per heavy atom. The van der Waals surface area contributed by atoms with Gasteiger partial charge in [0.1, 0.15) is 0 Å². The maximum Gasteiger partial charge on any atom is 0.181 e. The second-order valence-electron chi connectivity index (χ2n) is 5.42. The minimum absolute atomic E-state index is 0.0691. The van der Waals surface area contributed by atoms with E-state index in [4.69, 9.17) is 0 Å². The third-order valence-electron chi connectivity index (χ3n) is 4.01. The monoisotopic (exact) mass is 359 g/mol. The van der Waals surface area contributed by atoms with Gasteiger partial charge in [0, 0.05) is 10.5 Å². The fourth-order valence-corrected chi connectivity index (χ4v) is 5.72. The van der Waals surface area contributed by atoms with Gasteiger partial charge in [-0.15, -0.1) is 0 Å². The van der Waals surface area contributed by atoms with E-state index in [2.05, 4.69) is 21.2 Å². The third kappa shape index (κ3) is 3.83. The number of hydrogen-bond acceptors (Lipinski definition) is 3. The summed E-state index contributed by atoms with van der Waals surface area (Å²) in [5.41, 5.74) is 0. The Kier molecular flexibility index (Phi) is 5.64. The highest BCUT2D eigenvalue weighted by Crippen LogP contribution is 2.30. The van der Waals surface area contributed by atoms with Crippen molar-refractivity contribution in [3.05, 3.63) is 28.7 Å². The average molecular weight is 360 g/mol. The molecule has 1 unspecified atom stereocenters. The lowest BCUT2D eigenvalue weighted by atomic mass is 10.00. The van der Waals surface area contributed by atoms with Crippen LogP contribution in [0.3, 0.4) is 0 Å². The highest BCUT2D eigenvalue weighted by atomic mass is 79.9. The molecule has 2 rings (SSSR count). The van der Waals surface area contributed by atoms with Crippen molar-refractivity contribution in [2.45, 2.75) is 43.5 Å². The van der Waals surface area contributed by atoms with E-state index >= 15 is 0 Å². The first-order chi connectivity index (χ1) is 9.54. The molecule has 0 aromatic heterocycles. The molecule has 20 heavy (non-hydrogen) atoms. The molecule has 1 aromatic rings. The van der Waals surface area contributed by atoms with Crippen molar-refractivity contribution in [3.8, 4) is 0 Å². The highest BCUT2D eigenvalue weighted by molar-refractivity contribution is 9.10. The van der Waals surface area contributed by atoms with E-state index in [9.17, 15) is 8.42 Å². The van der Waals surface area contributed by atoms with Gasteiger partial charge >= 0.3 is 0 Å². The van der Waals surface area contributed by atoms with Crippen molar-refractivity contribution in [1.82, 2.24) is 5.32 Å². The molecule has 0 saturated heterocycles. The summed E-state index contributed by atoms with van der Waals surface area (Å²) < 4.78 is 25.9. The quantitative estimate of drug-likeness (QED) is 0.846. The van der Waals surface area contributed by atoms with Crippen LogP contribution in [0.2, 0.25) is 0 Å². The second kappa shape index (κ2) is 7.05. The van der Waals surface area contributed by atoms with Gasteiger partial charge in [0.2, 0.25) is 0 Å². The Labute approximate surface area is 130 Å². The van der Waals surface area contributed by atoms with E-state index < -0.39 is 9.84 Å². The van der Waals surface area contributed by atoms with Gasteiger partial charge in [-0.2, -0.15) is 0 Å². The molecule has 1 aromatic carbocycles. The van der Waals surface area contributed by atoms with Gasteiger partial charge in [-0.25, -0.2) is 8.42 Å². The Hall–Kier alpha value is -0.390. The van der Waals surface area contributed by atoms with E-state index in [-0.39, 0.29) is 11.8 Å². The maximum atomic E-state index is 12.6. The molecule has 0 aliphatic heterocycles. The minimum atomic E-state index is -3.26. The number of nitrogens with one attached hydrogen (secondary N) is 1. The van der Waals surface area contributed by atoms with Crippen LogP contribution in [-0.2, 0) is 9.84 Å². The van der Waals surface area contributed by atoms with Crippen LogP contribution in [0.1, 0.15) is 32.6 Å². The summed E-state index contributed by atoms with van der Waals surface area (Å²) in [7, 11) is -3.26. The Balaban J connectivity index is 2.18. The van der Waals surface area contributed by atoms with Crippen LogP contribution in [0, 0.1) is 5.92 Å². The van der Waals surface area contributed by atoms with Crippen molar-refractivity contribution in [2.75, 3.05) is 12.3 Å². The zero-order valence-electron chi connectivity index (χ0n) is 11.8. The molecule has 1 aliphatic carbocycles. The zero-order chi connectivity index (χ0) is 14.6. The van der Waals surface area contributed by atoms with Crippen LogP contribution in [0.15, 0.2) is 33.6 Å². The van der Waals surface area contributed by atoms with E-state index in [1.807, 2.05) is 13.0 Å². The molecule has 0 bridgehead atoms. The van der Waals surface area contributed by atoms with Crippen molar-refractivity contribution < 1.29 is 8.42 Å². The van der Waals surface area contributed by atoms with Crippen LogP contribution >= 0.6 is 15.9 Å². The fraction of sp³-hybridized carbons (Fsp3) is 0.600. The lowest BCUT2D eigenvalue weighted by Crippen LogP contribution is -2.40. The first kappa shape index (κ1) is 16.0. The SMILES string of the molecule is CCNC(CS(=O)(=O)c1ccccc1Br)C1CCCC1. The first-order valence-electron chi connectivity index (χ1n) is 7.25. The van der Waals surface area contributed by atoms with Gasteiger partial charge < -0.3 is 5.32 Å². The van der Waals surface area contributed by atoms with Crippen LogP contribution in [0.4, 0.5) is 0 Å². The molecule has 1 atom stereocenters. The number of hydrogen-bond donors (Lipinski definition) is 1. The fourth-order valence-electron chi connectivity index (χ4n) is 3.01. The molecular formula is C15H22BrNO2S. The number of halogens is 1. The maximum absolute atomic E-state index is 12.6. The van der Waals surface area contributed by atoms with Crippen molar-refractivity contribution in [3.63, 3.8) is 0 Å². The summed E-state index contributed by atoms with van der Waals surface area (Å²) in [6, 6.07) is 7.14. The highest BCUT2D eigenvalue weighted by Gasteiger charge is 2.30. The summed E-state index contributed by atoms with van der Waals surface area (Å²) in [5.74, 6) is 0.681. The number of rotatable bonds is 6. The van der Waals surface area contributed by atoms with Crippen molar-refractivity contribution in [1.29, 1.82) is 0 Å². The summed E-state index contributed by atoms with van der Waals surface area (Å²) in [6.45, 7) is 2.85. The lowest BCUT2D eigenvalue weighted by molar-refractivity contribution is 0.388. The summed E-state index contributed by atoms with van der Waals surface area (Å²) >= 11 is 3.34. The molecule has 1 N–H and O–H groups in total. The van der Waals surface area contributed by atoms with Crippen LogP contribution in [0.5, 0.6) is 0 Å². The van der Waals surface area contributed by atoms with Crippen molar-refractivity contribution in [2.24, 2.45) is 5.92 Å². The Morgan fingerprint density at radius 3 is 2.55 bits per heavy atom. The third-order valence-corrected chi connectivity index (χ3v) is 6.78. The Morgan fingerprint density at radius 1 is 1.30 bits per heavy atom. The molecule has 0 radical (unpaired) electrons. The van der Waals surface area contributed by atoms with E-state index in [1.165, 1.54) is 12.8 Å². The molecule has 5 heteroatoms. The second-order valence-corrected chi connectivity index (χ2v) is 8.28. The predicted molar refractivity (Wildman–Crippen MR) is 85.6 cm³/mol. The molecule has 0 amide bonds. The zero-order valence-corrected chi connectivity index (χ0v) is 14.2. The largest absolute Gasteiger partial charge is 0.313 e. The normalized spacial score (nSPS) is 18.3. The van der Waals surface area contributed by atoms with Crippen LogP contribution in [-0.4, -0.2) is 26.8 Å². The lowest BCUT2D eigenvalue weighted by Gasteiger charge is -2.24. The van der Waals surface area contributed by atoms with Gasteiger partial charge in [0.15, 0.2) is 9.84 Å². The molecule has 1 saturated carbocycles. The summed E-state index contributed by atoms with van der Waals surface area (Å²) in [4.78, 5) is 0.404. The number of sulfone groups is 1. The number of benzene rings is 1. The van der Waals surface area contributed by atoms with E-state index in [1.54, 1.807) is 18.2 Å². The van der Waals surface area contributed by atoms with Gasteiger partial charge in [-0.1, -0.05) is 31.9 Å². The molecule has 0 heterocycles. The van der Waals surface area contributed by atoms with Gasteiger partial charge in [-0.05, 0) is 53.4 Å². The predicted octanol–water partition coefficient (Wildman–Crippen LogP) is 3.39. The standard InChI is InChI=1S/C15H22BrNO2S/c1-2-17-14(12-7-3-4-8-12)11-20(18,19)15-10-6-5-9-13(15)16/h5-6,9-10,12,14,17H,2-4,7-8,11H2,1H3. The molecular weight excluding hydrogens is 338 g/mol. The topological polar surface area (TPSA) is 46.2 Å². The van der Waals surface area contributed by atoms with Gasteiger partial charge in [0.25, 0.3) is 0 Å². The van der Waals surface area contributed by atoms with Gasteiger partial charge in [0.05, 0.1) is 10.6 Å². The smallest absolute Gasteiger partial charge is 0.181 e. The summed E-state index contributed by atoms with van der Waals surface area (Å²) in [6.07, 6.45) is 4.73. The minimum Gasteiger partial charge on any atom is -0.313 e. The van der Waals surface area contributed by atoms with Crippen LogP contribution in [0.25, 0.3) is 0 Å². The van der Waals surface area contributed by atoms with Crippen molar-refractivity contribution >= 4 is 25.8 Å². The molecule has 112 valence electrons. The first-order valence-corrected chi connectivity index (χ1v) is 9.70. The van der Waals surface area contributed by atoms with E-state index in [0.717, 1.165) is 19.4 Å². The molecule has 1 fully saturated rings. The molecule has 1 aliphatic rings. The Bertz CT molecular complexity index is 539. The summed E-state index contributed by atoms with van der Waals surface area (Å²) in [5, 5.41) is 3.38. The van der Waals surface area contributed by atoms with Gasteiger partial charge in [-0.3, -0.25) is 0 Å².